The predicted molar refractivity (Wildman–Crippen MR) is 63.6 cm³/mol. The van der Waals surface area contributed by atoms with Crippen molar-refractivity contribution in [1.29, 1.82) is 0 Å². The molecule has 17 heavy (non-hydrogen) atoms. The Morgan fingerprint density at radius 3 is 2.41 bits per heavy atom. The van der Waals surface area contributed by atoms with E-state index in [9.17, 15) is 9.59 Å². The zero-order chi connectivity index (χ0) is 12.5. The maximum Gasteiger partial charge on any atom is 0.326 e. The van der Waals surface area contributed by atoms with E-state index in [1.165, 1.54) is 6.42 Å². The van der Waals surface area contributed by atoms with Gasteiger partial charge in [0.15, 0.2) is 0 Å². The van der Waals surface area contributed by atoms with Crippen LogP contribution in [-0.4, -0.2) is 34.5 Å². The van der Waals surface area contributed by atoms with Crippen molar-refractivity contribution in [3.05, 3.63) is 0 Å². The summed E-state index contributed by atoms with van der Waals surface area (Å²) >= 11 is 0. The average Bonchev–Trinajstić information content (AvgIpc) is 2.77. The number of amides is 1. The van der Waals surface area contributed by atoms with E-state index in [-0.39, 0.29) is 11.3 Å². The molecule has 0 radical (unpaired) electrons. The van der Waals surface area contributed by atoms with Crippen LogP contribution in [0.1, 0.15) is 51.9 Å². The van der Waals surface area contributed by atoms with Gasteiger partial charge in [0.1, 0.15) is 6.04 Å². The monoisotopic (exact) mass is 239 g/mol. The highest BCUT2D eigenvalue weighted by Crippen LogP contribution is 2.39. The number of carbonyl (C=O) groups excluding carboxylic acids is 1. The molecule has 1 saturated carbocycles. The molecule has 0 unspecified atom stereocenters. The third kappa shape index (κ3) is 2.31. The summed E-state index contributed by atoms with van der Waals surface area (Å²) in [5.41, 5.74) is -0.309. The van der Waals surface area contributed by atoms with Gasteiger partial charge in [-0.15, -0.1) is 0 Å². The Hall–Kier alpha value is -1.06. The zero-order valence-corrected chi connectivity index (χ0v) is 10.4. The molecule has 4 heteroatoms. The lowest BCUT2D eigenvalue weighted by atomic mass is 9.74. The minimum absolute atomic E-state index is 0.0714. The fourth-order valence-electron chi connectivity index (χ4n) is 3.16. The Morgan fingerprint density at radius 1 is 1.18 bits per heavy atom. The molecule has 2 rings (SSSR count). The third-order valence-electron chi connectivity index (χ3n) is 4.27. The van der Waals surface area contributed by atoms with Gasteiger partial charge in [-0.3, -0.25) is 4.79 Å². The number of hydrogen-bond acceptors (Lipinski definition) is 2. The summed E-state index contributed by atoms with van der Waals surface area (Å²) in [6.45, 7) is 2.62. The van der Waals surface area contributed by atoms with E-state index in [0.29, 0.717) is 13.0 Å². The molecule has 0 aromatic heterocycles. The largest absolute Gasteiger partial charge is 0.480 e. The van der Waals surface area contributed by atoms with Crippen molar-refractivity contribution < 1.29 is 14.7 Å². The van der Waals surface area contributed by atoms with Gasteiger partial charge in [0.2, 0.25) is 5.91 Å². The maximum atomic E-state index is 12.5. The SMILES string of the molecule is CC1(C(=O)N2CCC[C@H]2C(=O)O)CCCCC1. The summed E-state index contributed by atoms with van der Waals surface area (Å²) in [6, 6.07) is -0.582. The zero-order valence-electron chi connectivity index (χ0n) is 10.4. The molecule has 2 fully saturated rings. The molecule has 1 heterocycles. The standard InChI is InChI=1S/C13H21NO3/c1-13(7-3-2-4-8-13)12(17)14-9-5-6-10(14)11(15)16/h10H,2-9H2,1H3,(H,15,16)/t10-/m0/s1. The van der Waals surface area contributed by atoms with Gasteiger partial charge in [0.25, 0.3) is 0 Å². The topological polar surface area (TPSA) is 57.6 Å². The summed E-state index contributed by atoms with van der Waals surface area (Å²) in [4.78, 5) is 25.2. The third-order valence-corrected chi connectivity index (χ3v) is 4.27. The summed E-state index contributed by atoms with van der Waals surface area (Å²) in [5, 5.41) is 9.12. The number of nitrogens with zero attached hydrogens (tertiary/aromatic N) is 1. The van der Waals surface area contributed by atoms with Crippen LogP contribution in [0.3, 0.4) is 0 Å². The Balaban J connectivity index is 2.10. The number of hydrogen-bond donors (Lipinski definition) is 1. The van der Waals surface area contributed by atoms with Crippen molar-refractivity contribution in [2.45, 2.75) is 57.9 Å². The van der Waals surface area contributed by atoms with E-state index in [1.54, 1.807) is 4.90 Å². The fourth-order valence-corrected chi connectivity index (χ4v) is 3.16. The van der Waals surface area contributed by atoms with Crippen molar-refractivity contribution in [3.63, 3.8) is 0 Å². The molecule has 2 aliphatic rings. The highest BCUT2D eigenvalue weighted by Gasteiger charge is 2.43. The second-order valence-electron chi connectivity index (χ2n) is 5.62. The van der Waals surface area contributed by atoms with Crippen molar-refractivity contribution in [1.82, 2.24) is 4.90 Å². The van der Waals surface area contributed by atoms with Crippen LogP contribution >= 0.6 is 0 Å². The van der Waals surface area contributed by atoms with Gasteiger partial charge in [0.05, 0.1) is 0 Å². The first-order valence-corrected chi connectivity index (χ1v) is 6.58. The van der Waals surface area contributed by atoms with Gasteiger partial charge in [-0.1, -0.05) is 26.2 Å². The van der Waals surface area contributed by atoms with E-state index < -0.39 is 12.0 Å². The molecule has 1 aliphatic heterocycles. The molecular formula is C13H21NO3. The van der Waals surface area contributed by atoms with E-state index in [4.69, 9.17) is 5.11 Å². The van der Waals surface area contributed by atoms with Crippen molar-refractivity contribution >= 4 is 11.9 Å². The molecule has 4 nitrogen and oxygen atoms in total. The normalized spacial score (nSPS) is 28.1. The van der Waals surface area contributed by atoms with Crippen molar-refractivity contribution in [2.75, 3.05) is 6.54 Å². The fraction of sp³-hybridized carbons (Fsp3) is 0.846. The van der Waals surface area contributed by atoms with Crippen LogP contribution in [0, 0.1) is 5.41 Å². The van der Waals surface area contributed by atoms with Crippen LogP contribution in [0.4, 0.5) is 0 Å². The Morgan fingerprint density at radius 2 is 1.82 bits per heavy atom. The smallest absolute Gasteiger partial charge is 0.326 e. The van der Waals surface area contributed by atoms with E-state index in [1.807, 2.05) is 6.92 Å². The second-order valence-corrected chi connectivity index (χ2v) is 5.62. The molecule has 1 amide bonds. The molecule has 1 N–H and O–H groups in total. The quantitative estimate of drug-likeness (QED) is 0.802. The molecule has 0 bridgehead atoms. The van der Waals surface area contributed by atoms with Gasteiger partial charge in [-0.05, 0) is 25.7 Å². The number of rotatable bonds is 2. The lowest BCUT2D eigenvalue weighted by molar-refractivity contribution is -0.153. The number of aliphatic carboxylic acids is 1. The summed E-state index contributed by atoms with van der Waals surface area (Å²) in [6.07, 6.45) is 6.63. The molecule has 1 saturated heterocycles. The van der Waals surface area contributed by atoms with E-state index in [2.05, 4.69) is 0 Å². The number of carboxylic acids is 1. The number of likely N-dealkylation sites (tertiary alicyclic amines) is 1. The lowest BCUT2D eigenvalue weighted by Crippen LogP contribution is -2.48. The number of carboxylic acid groups (broad SMARTS) is 1. The molecule has 0 aromatic carbocycles. The highest BCUT2D eigenvalue weighted by atomic mass is 16.4. The van der Waals surface area contributed by atoms with Crippen molar-refractivity contribution in [2.24, 2.45) is 5.41 Å². The summed E-state index contributed by atoms with van der Waals surface area (Å²) in [7, 11) is 0. The minimum Gasteiger partial charge on any atom is -0.480 e. The van der Waals surface area contributed by atoms with Gasteiger partial charge >= 0.3 is 5.97 Å². The lowest BCUT2D eigenvalue weighted by Gasteiger charge is -2.37. The van der Waals surface area contributed by atoms with Gasteiger partial charge < -0.3 is 10.0 Å². The van der Waals surface area contributed by atoms with Gasteiger partial charge in [-0.2, -0.15) is 0 Å². The van der Waals surface area contributed by atoms with Crippen LogP contribution in [0.15, 0.2) is 0 Å². The predicted octanol–water partition coefficient (Wildman–Crippen LogP) is 2.03. The summed E-state index contributed by atoms with van der Waals surface area (Å²) in [5.74, 6) is -0.780. The van der Waals surface area contributed by atoms with Gasteiger partial charge in [-0.25, -0.2) is 4.79 Å². The number of carbonyl (C=O) groups is 2. The van der Waals surface area contributed by atoms with Crippen LogP contribution in [-0.2, 0) is 9.59 Å². The van der Waals surface area contributed by atoms with Crippen LogP contribution in [0.2, 0.25) is 0 Å². The Kier molecular flexibility index (Phi) is 3.40. The van der Waals surface area contributed by atoms with E-state index in [0.717, 1.165) is 32.1 Å². The highest BCUT2D eigenvalue weighted by molar-refractivity contribution is 5.87. The van der Waals surface area contributed by atoms with Crippen LogP contribution in [0.25, 0.3) is 0 Å². The second kappa shape index (κ2) is 4.67. The molecule has 1 atom stereocenters. The molecule has 96 valence electrons. The minimum atomic E-state index is -0.852. The van der Waals surface area contributed by atoms with Gasteiger partial charge in [0, 0.05) is 12.0 Å². The van der Waals surface area contributed by atoms with Crippen LogP contribution < -0.4 is 0 Å². The van der Waals surface area contributed by atoms with E-state index >= 15 is 0 Å². The average molecular weight is 239 g/mol. The summed E-state index contributed by atoms with van der Waals surface area (Å²) < 4.78 is 0. The molecule has 0 spiro atoms. The maximum absolute atomic E-state index is 12.5. The van der Waals surface area contributed by atoms with Crippen LogP contribution in [0.5, 0.6) is 0 Å². The first-order valence-electron chi connectivity index (χ1n) is 6.58. The Labute approximate surface area is 102 Å². The molecule has 1 aliphatic carbocycles. The molecule has 0 aromatic rings. The first kappa shape index (κ1) is 12.4. The van der Waals surface area contributed by atoms with Crippen molar-refractivity contribution in [3.8, 4) is 0 Å². The molecular weight excluding hydrogens is 218 g/mol. The first-order chi connectivity index (χ1) is 8.04. The Bertz CT molecular complexity index is 321.